The van der Waals surface area contributed by atoms with E-state index < -0.39 is 0 Å². The van der Waals surface area contributed by atoms with Crippen molar-refractivity contribution in [2.75, 3.05) is 9.80 Å². The number of para-hydroxylation sites is 5. The molecule has 42 heavy (non-hydrogen) atoms. The van der Waals surface area contributed by atoms with Crippen LogP contribution in [0.1, 0.15) is 25.0 Å². The first-order chi connectivity index (χ1) is 20.6. The molecule has 202 valence electrons. The highest BCUT2D eigenvalue weighted by Crippen LogP contribution is 2.61. The zero-order valence-corrected chi connectivity index (χ0v) is 23.7. The fourth-order valence-corrected chi connectivity index (χ4v) is 6.71. The monoisotopic (exact) mass is 542 g/mol. The second-order valence-corrected chi connectivity index (χ2v) is 11.4. The van der Waals surface area contributed by atoms with Crippen LogP contribution < -0.4 is 14.5 Å². The van der Waals surface area contributed by atoms with E-state index >= 15 is 0 Å². The Morgan fingerprint density at radius 2 is 1.10 bits per heavy atom. The molecule has 8 rings (SSSR count). The summed E-state index contributed by atoms with van der Waals surface area (Å²) in [7, 11) is 0. The van der Waals surface area contributed by atoms with E-state index in [1.165, 1.54) is 27.9 Å². The number of anilines is 6. The van der Waals surface area contributed by atoms with Crippen molar-refractivity contribution in [3.05, 3.63) is 157 Å². The van der Waals surface area contributed by atoms with Crippen molar-refractivity contribution in [1.82, 2.24) is 0 Å². The molecule has 3 nitrogen and oxygen atoms in total. The van der Waals surface area contributed by atoms with Crippen LogP contribution >= 0.6 is 0 Å². The molecule has 0 aromatic heterocycles. The van der Waals surface area contributed by atoms with Crippen molar-refractivity contribution in [1.29, 1.82) is 0 Å². The lowest BCUT2D eigenvalue weighted by Crippen LogP contribution is -2.32. The van der Waals surface area contributed by atoms with Crippen LogP contribution in [0, 0.1) is 0 Å². The molecule has 0 aliphatic carbocycles. The largest absolute Gasteiger partial charge is 0.453 e. The molecule has 3 heteroatoms. The molecule has 2 aliphatic heterocycles. The molecule has 0 radical (unpaired) electrons. The molecule has 0 atom stereocenters. The van der Waals surface area contributed by atoms with Crippen LogP contribution in [-0.4, -0.2) is 0 Å². The van der Waals surface area contributed by atoms with Gasteiger partial charge in [0.05, 0.1) is 17.1 Å². The van der Waals surface area contributed by atoms with Crippen molar-refractivity contribution in [2.45, 2.75) is 19.3 Å². The fraction of sp³-hybridized carbons (Fsp3) is 0.0769. The average molecular weight is 543 g/mol. The lowest BCUT2D eigenvalue weighted by molar-refractivity contribution is 0.471. The van der Waals surface area contributed by atoms with Gasteiger partial charge in [0, 0.05) is 22.5 Å². The van der Waals surface area contributed by atoms with Crippen LogP contribution in [0.2, 0.25) is 0 Å². The number of benzene rings is 6. The summed E-state index contributed by atoms with van der Waals surface area (Å²) in [5.74, 6) is 1.78. The lowest BCUT2D eigenvalue weighted by atomic mass is 9.70. The summed E-state index contributed by atoms with van der Waals surface area (Å²) in [5.41, 5.74) is 11.6. The van der Waals surface area contributed by atoms with Crippen molar-refractivity contribution in [2.24, 2.45) is 0 Å². The first kappa shape index (κ1) is 24.5. The van der Waals surface area contributed by atoms with E-state index in [1.54, 1.807) is 0 Å². The van der Waals surface area contributed by atoms with Gasteiger partial charge in [-0.05, 0) is 82.9 Å². The van der Waals surface area contributed by atoms with Crippen LogP contribution in [0.3, 0.4) is 0 Å². The molecule has 6 aromatic carbocycles. The van der Waals surface area contributed by atoms with Gasteiger partial charge < -0.3 is 14.5 Å². The van der Waals surface area contributed by atoms with E-state index in [0.29, 0.717) is 0 Å². The number of hydrogen-bond donors (Lipinski definition) is 0. The maximum atomic E-state index is 6.41. The fourth-order valence-electron chi connectivity index (χ4n) is 6.71. The Balaban J connectivity index is 1.28. The molecule has 0 amide bonds. The predicted octanol–water partition coefficient (Wildman–Crippen LogP) is 11.0. The third kappa shape index (κ3) is 3.67. The van der Waals surface area contributed by atoms with Crippen molar-refractivity contribution < 1.29 is 4.74 Å². The molecule has 0 fully saturated rings. The number of rotatable bonds is 4. The molecule has 6 aromatic rings. The molecular formula is C39H30N2O. The maximum absolute atomic E-state index is 6.41. The van der Waals surface area contributed by atoms with Gasteiger partial charge in [-0.2, -0.15) is 0 Å². The van der Waals surface area contributed by atoms with Gasteiger partial charge in [-0.3, -0.25) is 0 Å². The zero-order valence-electron chi connectivity index (χ0n) is 23.7. The Morgan fingerprint density at radius 3 is 1.81 bits per heavy atom. The SMILES string of the molecule is CC1(C)c2cccc3c2N(c2ccccc2O3)c2cccc(-c3ccc(N(c4ccccc4)c4ccccc4)cc3)c21. The molecule has 0 saturated heterocycles. The van der Waals surface area contributed by atoms with Crippen molar-refractivity contribution in [3.63, 3.8) is 0 Å². The Kier molecular flexibility index (Phi) is 5.48. The van der Waals surface area contributed by atoms with Crippen LogP contribution in [0.4, 0.5) is 34.1 Å². The number of ether oxygens (including phenoxy) is 1. The van der Waals surface area contributed by atoms with Crippen LogP contribution in [0.5, 0.6) is 11.5 Å². The van der Waals surface area contributed by atoms with E-state index in [1.807, 2.05) is 6.07 Å². The maximum Gasteiger partial charge on any atom is 0.151 e. The summed E-state index contributed by atoms with van der Waals surface area (Å²) in [6, 6.07) is 51.6. The lowest BCUT2D eigenvalue weighted by Gasteiger charge is -2.45. The molecule has 0 unspecified atom stereocenters. The summed E-state index contributed by atoms with van der Waals surface area (Å²) in [4.78, 5) is 4.70. The van der Waals surface area contributed by atoms with Gasteiger partial charge in [-0.25, -0.2) is 0 Å². The van der Waals surface area contributed by atoms with Crippen molar-refractivity contribution in [3.8, 4) is 22.6 Å². The molecular weight excluding hydrogens is 512 g/mol. The molecule has 0 saturated carbocycles. The van der Waals surface area contributed by atoms with E-state index in [-0.39, 0.29) is 5.41 Å². The van der Waals surface area contributed by atoms with Gasteiger partial charge in [0.1, 0.15) is 0 Å². The van der Waals surface area contributed by atoms with Gasteiger partial charge in [-0.1, -0.05) is 98.8 Å². The minimum Gasteiger partial charge on any atom is -0.453 e. The van der Waals surface area contributed by atoms with E-state index in [9.17, 15) is 0 Å². The molecule has 2 heterocycles. The summed E-state index contributed by atoms with van der Waals surface area (Å²) in [6.07, 6.45) is 0. The van der Waals surface area contributed by atoms with Crippen molar-refractivity contribution >= 4 is 34.1 Å². The van der Waals surface area contributed by atoms with E-state index in [0.717, 1.165) is 39.9 Å². The number of hydrogen-bond acceptors (Lipinski definition) is 3. The summed E-state index contributed by atoms with van der Waals surface area (Å²) < 4.78 is 6.41. The minimum absolute atomic E-state index is 0.234. The first-order valence-corrected chi connectivity index (χ1v) is 14.5. The smallest absolute Gasteiger partial charge is 0.151 e. The summed E-state index contributed by atoms with van der Waals surface area (Å²) >= 11 is 0. The van der Waals surface area contributed by atoms with Crippen LogP contribution in [0.25, 0.3) is 11.1 Å². The van der Waals surface area contributed by atoms with Crippen LogP contribution in [0.15, 0.2) is 146 Å². The normalized spacial score (nSPS) is 13.8. The van der Waals surface area contributed by atoms with Gasteiger partial charge in [-0.15, -0.1) is 0 Å². The highest BCUT2D eigenvalue weighted by molar-refractivity contribution is 5.96. The topological polar surface area (TPSA) is 15.7 Å². The minimum atomic E-state index is -0.234. The second kappa shape index (κ2) is 9.39. The molecule has 2 aliphatic rings. The zero-order chi connectivity index (χ0) is 28.3. The third-order valence-corrected chi connectivity index (χ3v) is 8.60. The Hall–Kier alpha value is -5.28. The highest BCUT2D eigenvalue weighted by atomic mass is 16.5. The van der Waals surface area contributed by atoms with Gasteiger partial charge in [0.25, 0.3) is 0 Å². The van der Waals surface area contributed by atoms with Gasteiger partial charge in [0.2, 0.25) is 0 Å². The second-order valence-electron chi connectivity index (χ2n) is 11.4. The standard InChI is InChI=1S/C39H30N2O/c1-39(2)32-18-12-22-36-38(32)41(33-19-9-10-21-35(33)42-36)34-20-11-17-31(37(34)39)27-23-25-30(26-24-27)40(28-13-5-3-6-14-28)29-15-7-4-8-16-29/h3-26H,1-2H3. The summed E-state index contributed by atoms with van der Waals surface area (Å²) in [6.45, 7) is 4.67. The predicted molar refractivity (Wildman–Crippen MR) is 173 cm³/mol. The van der Waals surface area contributed by atoms with Crippen LogP contribution in [-0.2, 0) is 5.41 Å². The quantitative estimate of drug-likeness (QED) is 0.220. The number of fused-ring (bicyclic) bond motifs is 4. The molecule has 0 bridgehead atoms. The van der Waals surface area contributed by atoms with E-state index in [4.69, 9.17) is 4.74 Å². The number of nitrogens with zero attached hydrogens (tertiary/aromatic N) is 2. The average Bonchev–Trinajstić information content (AvgIpc) is 3.04. The first-order valence-electron chi connectivity index (χ1n) is 14.5. The summed E-state index contributed by atoms with van der Waals surface area (Å²) in [5, 5.41) is 0. The highest BCUT2D eigenvalue weighted by Gasteiger charge is 2.42. The van der Waals surface area contributed by atoms with E-state index in [2.05, 4.69) is 163 Å². The third-order valence-electron chi connectivity index (χ3n) is 8.60. The molecule has 0 N–H and O–H groups in total. The Morgan fingerprint density at radius 1 is 0.524 bits per heavy atom. The molecule has 0 spiro atoms. The van der Waals surface area contributed by atoms with Gasteiger partial charge in [0.15, 0.2) is 11.5 Å². The Bertz CT molecular complexity index is 1890. The van der Waals surface area contributed by atoms with Gasteiger partial charge >= 0.3 is 0 Å². The Labute approximate surface area is 246 Å².